The highest BCUT2D eigenvalue weighted by atomic mass is 19.1. The predicted octanol–water partition coefficient (Wildman–Crippen LogP) is 3.65. The maximum atomic E-state index is 15.5. The number of aliphatic hydroxyl groups excluding tert-OH is 1. The number of halogens is 1. The van der Waals surface area contributed by atoms with Crippen molar-refractivity contribution in [2.24, 2.45) is 7.05 Å². The van der Waals surface area contributed by atoms with Gasteiger partial charge in [-0.3, -0.25) is 48.5 Å². The van der Waals surface area contributed by atoms with Crippen LogP contribution >= 0.6 is 0 Å². The van der Waals surface area contributed by atoms with Crippen molar-refractivity contribution >= 4 is 57.5 Å². The summed E-state index contributed by atoms with van der Waals surface area (Å²) in [4.78, 5) is 98.4. The van der Waals surface area contributed by atoms with E-state index in [1.54, 1.807) is 59.2 Å². The average molecular weight is 912 g/mol. The van der Waals surface area contributed by atoms with E-state index in [2.05, 4.69) is 31.1 Å². The van der Waals surface area contributed by atoms with Crippen molar-refractivity contribution in [1.82, 2.24) is 44.2 Å². The molecule has 1 saturated heterocycles. The molecule has 0 radical (unpaired) electrons. The van der Waals surface area contributed by atoms with Gasteiger partial charge in [-0.2, -0.15) is 14.9 Å². The van der Waals surface area contributed by atoms with Gasteiger partial charge in [0.1, 0.15) is 17.5 Å². The van der Waals surface area contributed by atoms with Crippen LogP contribution in [0.15, 0.2) is 76.7 Å². The molecule has 5 amide bonds. The van der Waals surface area contributed by atoms with E-state index in [4.69, 9.17) is 0 Å². The van der Waals surface area contributed by atoms with Crippen molar-refractivity contribution in [2.45, 2.75) is 77.6 Å². The van der Waals surface area contributed by atoms with E-state index in [9.17, 15) is 38.7 Å². The molecule has 0 saturated carbocycles. The zero-order chi connectivity index (χ0) is 47.5. The fraction of sp³-hybridized carbons (Fsp3) is 0.319. The SMILES string of the molecule is Cn1cc(-c2ccnc(-n3ncc4cc(C(C)(C)C)cc(F)c4c3=O)c2CO)cc(Nc2cc3n(n2)CCN(C(=O)CCCNc2cccc4c2C(=O)N(C2CCC(=O)NC2=O)C4=O)C3)c1=O. The third-order valence-corrected chi connectivity index (χ3v) is 12.4. The predicted molar refractivity (Wildman–Crippen MR) is 242 cm³/mol. The second-order valence-corrected chi connectivity index (χ2v) is 17.8. The van der Waals surface area contributed by atoms with Gasteiger partial charge in [0.05, 0.1) is 48.1 Å². The summed E-state index contributed by atoms with van der Waals surface area (Å²) in [6.07, 6.45) is 5.08. The van der Waals surface area contributed by atoms with Gasteiger partial charge in [0.25, 0.3) is 22.9 Å². The summed E-state index contributed by atoms with van der Waals surface area (Å²) in [5, 5.41) is 28.3. The molecule has 3 aliphatic heterocycles. The Morgan fingerprint density at radius 2 is 1.78 bits per heavy atom. The molecule has 344 valence electrons. The first-order valence-electron chi connectivity index (χ1n) is 21.7. The van der Waals surface area contributed by atoms with Gasteiger partial charge in [0, 0.05) is 73.6 Å². The summed E-state index contributed by atoms with van der Waals surface area (Å²) < 4.78 is 19.6. The lowest BCUT2D eigenvalue weighted by molar-refractivity contribution is -0.136. The van der Waals surface area contributed by atoms with E-state index in [0.717, 1.165) is 15.3 Å². The number of aromatic nitrogens is 6. The lowest BCUT2D eigenvalue weighted by Gasteiger charge is -2.28. The average Bonchev–Trinajstić information content (AvgIpc) is 3.82. The van der Waals surface area contributed by atoms with Gasteiger partial charge >= 0.3 is 0 Å². The molecule has 1 atom stereocenters. The number of carbonyl (C=O) groups is 5. The molecular formula is C47H46FN11O8. The topological polar surface area (TPSA) is 236 Å². The first-order valence-corrected chi connectivity index (χ1v) is 21.7. The van der Waals surface area contributed by atoms with E-state index in [-0.39, 0.29) is 76.3 Å². The molecule has 0 bridgehead atoms. The number of nitrogens with zero attached hydrogens (tertiary/aromatic N) is 8. The number of fused-ring (bicyclic) bond motifs is 3. The Kier molecular flexibility index (Phi) is 11.4. The Balaban J connectivity index is 0.865. The van der Waals surface area contributed by atoms with Crippen molar-refractivity contribution in [3.63, 3.8) is 0 Å². The van der Waals surface area contributed by atoms with Crippen molar-refractivity contribution in [3.05, 3.63) is 122 Å². The standard InChI is InChI=1S/C47H46FN11O8/c1-47(2,3)27-17-25-21-51-59(46(67)39(25)32(48)19-27)41-31(24-60)29(12-14-50-41)26-18-34(44(65)55(4)22-26)52-36-20-28-23-56(15-16-57(28)54-36)38(62)9-6-13-49-33-8-5-7-30-40(33)45(66)58(43(30)64)35-10-11-37(61)53-42(35)63/h5,7-8,12,14,17-22,35,49,60H,6,9-11,13,15-16,23-24H2,1-4H3,(H,52,54)(H,53,61,63). The van der Waals surface area contributed by atoms with Crippen LogP contribution in [0.3, 0.4) is 0 Å². The molecular weight excluding hydrogens is 866 g/mol. The monoisotopic (exact) mass is 911 g/mol. The lowest BCUT2D eigenvalue weighted by Crippen LogP contribution is -2.54. The van der Waals surface area contributed by atoms with Crippen LogP contribution in [-0.2, 0) is 46.5 Å². The van der Waals surface area contributed by atoms with Crippen LogP contribution in [0, 0.1) is 5.82 Å². The quantitative estimate of drug-likeness (QED) is 0.108. The zero-order valence-corrected chi connectivity index (χ0v) is 37.1. The maximum absolute atomic E-state index is 15.5. The lowest BCUT2D eigenvalue weighted by atomic mass is 9.86. The molecule has 3 aliphatic rings. The summed E-state index contributed by atoms with van der Waals surface area (Å²) in [5.74, 6) is -2.80. The maximum Gasteiger partial charge on any atom is 0.283 e. The van der Waals surface area contributed by atoms with Gasteiger partial charge in [0.15, 0.2) is 11.6 Å². The van der Waals surface area contributed by atoms with Crippen molar-refractivity contribution in [2.75, 3.05) is 23.7 Å². The molecule has 2 aromatic carbocycles. The Bertz CT molecular complexity index is 3210. The number of piperidine rings is 1. The largest absolute Gasteiger partial charge is 0.392 e. The van der Waals surface area contributed by atoms with Crippen LogP contribution in [0.5, 0.6) is 0 Å². The van der Waals surface area contributed by atoms with Gasteiger partial charge in [-0.05, 0) is 65.8 Å². The Morgan fingerprint density at radius 1 is 0.970 bits per heavy atom. The number of hydrogen-bond acceptors (Lipinski definition) is 13. The fourth-order valence-corrected chi connectivity index (χ4v) is 8.82. The van der Waals surface area contributed by atoms with Crippen LogP contribution in [-0.4, -0.2) is 92.7 Å². The number of benzene rings is 2. The van der Waals surface area contributed by atoms with E-state index in [0.29, 0.717) is 59.6 Å². The van der Waals surface area contributed by atoms with Crippen LogP contribution < -0.4 is 27.1 Å². The Hall–Kier alpha value is -7.87. The summed E-state index contributed by atoms with van der Waals surface area (Å²) in [6, 6.07) is 11.8. The highest BCUT2D eigenvalue weighted by molar-refractivity contribution is 6.25. The number of aliphatic hydroxyl groups is 1. The molecule has 4 aromatic heterocycles. The number of anilines is 3. The molecule has 1 unspecified atom stereocenters. The van der Waals surface area contributed by atoms with Crippen molar-refractivity contribution < 1.29 is 33.5 Å². The van der Waals surface area contributed by atoms with Crippen LogP contribution in [0.25, 0.3) is 27.7 Å². The molecule has 0 spiro atoms. The van der Waals surface area contributed by atoms with E-state index < -0.39 is 47.7 Å². The number of hydrogen-bond donors (Lipinski definition) is 4. The smallest absolute Gasteiger partial charge is 0.283 e. The highest BCUT2D eigenvalue weighted by Crippen LogP contribution is 2.34. The third kappa shape index (κ3) is 8.13. The Labute approximate surface area is 381 Å². The first kappa shape index (κ1) is 44.3. The zero-order valence-electron chi connectivity index (χ0n) is 37.1. The van der Waals surface area contributed by atoms with Gasteiger partial charge in [-0.1, -0.05) is 26.8 Å². The van der Waals surface area contributed by atoms with Crippen LogP contribution in [0.2, 0.25) is 0 Å². The number of rotatable bonds is 11. The molecule has 1 fully saturated rings. The third-order valence-electron chi connectivity index (χ3n) is 12.4. The van der Waals surface area contributed by atoms with E-state index in [1.807, 2.05) is 20.8 Å². The summed E-state index contributed by atoms with van der Waals surface area (Å²) in [6.45, 7) is 6.63. The van der Waals surface area contributed by atoms with E-state index in [1.165, 1.54) is 29.1 Å². The molecule has 19 nitrogen and oxygen atoms in total. The van der Waals surface area contributed by atoms with E-state index >= 15 is 4.39 Å². The first-order chi connectivity index (χ1) is 32.0. The number of pyridine rings is 2. The molecule has 9 rings (SSSR count). The number of carbonyl (C=O) groups excluding carboxylic acids is 5. The molecule has 7 heterocycles. The van der Waals surface area contributed by atoms with Crippen molar-refractivity contribution in [3.8, 4) is 16.9 Å². The van der Waals surface area contributed by atoms with Crippen molar-refractivity contribution in [1.29, 1.82) is 0 Å². The number of nitrogens with one attached hydrogen (secondary N) is 3. The highest BCUT2D eigenvalue weighted by Gasteiger charge is 2.45. The second kappa shape index (κ2) is 17.2. The number of amides is 5. The van der Waals surface area contributed by atoms with Crippen LogP contribution in [0.4, 0.5) is 21.6 Å². The minimum atomic E-state index is -1.08. The minimum absolute atomic E-state index is 0.000303. The summed E-state index contributed by atoms with van der Waals surface area (Å²) >= 11 is 0. The fourth-order valence-electron chi connectivity index (χ4n) is 8.82. The number of aryl methyl sites for hydroxylation is 1. The Morgan fingerprint density at radius 3 is 2.54 bits per heavy atom. The normalized spacial score (nSPS) is 16.1. The molecule has 4 N–H and O–H groups in total. The second-order valence-electron chi connectivity index (χ2n) is 17.8. The van der Waals surface area contributed by atoms with Crippen LogP contribution in [0.1, 0.15) is 84.0 Å². The minimum Gasteiger partial charge on any atom is -0.392 e. The summed E-state index contributed by atoms with van der Waals surface area (Å²) in [5.41, 5.74) is 1.98. The molecule has 0 aliphatic carbocycles. The van der Waals surface area contributed by atoms with Gasteiger partial charge in [-0.25, -0.2) is 9.37 Å². The molecule has 67 heavy (non-hydrogen) atoms. The van der Waals surface area contributed by atoms with Gasteiger partial charge in [-0.15, -0.1) is 0 Å². The number of imide groups is 2. The van der Waals surface area contributed by atoms with Gasteiger partial charge in [0.2, 0.25) is 17.7 Å². The molecule has 20 heteroatoms. The molecule has 6 aromatic rings. The van der Waals surface area contributed by atoms with Gasteiger partial charge < -0.3 is 25.2 Å². The summed E-state index contributed by atoms with van der Waals surface area (Å²) in [7, 11) is 1.57.